The van der Waals surface area contributed by atoms with E-state index in [-0.39, 0.29) is 30.4 Å². The highest BCUT2D eigenvalue weighted by atomic mass is 16.2. The third kappa shape index (κ3) is 3.46. The Kier molecular flexibility index (Phi) is 5.01. The molecule has 4 rings (SSSR count). The van der Waals surface area contributed by atoms with Crippen LogP contribution in [0.3, 0.4) is 0 Å². The summed E-state index contributed by atoms with van der Waals surface area (Å²) in [4.78, 5) is 27.1. The Bertz CT molecular complexity index is 1080. The number of hydrogen-bond donors (Lipinski definition) is 0. The van der Waals surface area contributed by atoms with E-state index >= 15 is 0 Å². The largest absolute Gasteiger partial charge is 0.307 e. The molecule has 1 amide bonds. The SMILES string of the molecule is CC(C)C(=O)CCC(=O)N1Cc2ccccc2-c2c(nnn2C)-c2ccccc21. The number of para-hydroxylation sites is 1. The Morgan fingerprint density at radius 1 is 1.00 bits per heavy atom. The molecule has 2 aromatic carbocycles. The van der Waals surface area contributed by atoms with Gasteiger partial charge in [0.2, 0.25) is 5.91 Å². The van der Waals surface area contributed by atoms with Gasteiger partial charge < -0.3 is 4.90 Å². The molecule has 0 aliphatic carbocycles. The average molecular weight is 388 g/mol. The zero-order chi connectivity index (χ0) is 20.5. The molecule has 0 bridgehead atoms. The maximum Gasteiger partial charge on any atom is 0.227 e. The molecule has 3 aromatic rings. The summed E-state index contributed by atoms with van der Waals surface area (Å²) in [5.74, 6) is -0.0193. The first-order valence-corrected chi connectivity index (χ1v) is 9.87. The highest BCUT2D eigenvalue weighted by Crippen LogP contribution is 2.40. The van der Waals surface area contributed by atoms with Crippen LogP contribution in [0.2, 0.25) is 0 Å². The lowest BCUT2D eigenvalue weighted by Gasteiger charge is -2.28. The molecule has 1 aliphatic heterocycles. The zero-order valence-corrected chi connectivity index (χ0v) is 16.9. The third-order valence-corrected chi connectivity index (χ3v) is 5.41. The van der Waals surface area contributed by atoms with Crippen LogP contribution in [-0.4, -0.2) is 26.7 Å². The van der Waals surface area contributed by atoms with Gasteiger partial charge in [0.1, 0.15) is 11.5 Å². The van der Waals surface area contributed by atoms with Gasteiger partial charge in [-0.15, -0.1) is 5.10 Å². The molecule has 148 valence electrons. The maximum absolute atomic E-state index is 13.2. The summed E-state index contributed by atoms with van der Waals surface area (Å²) in [6.45, 7) is 4.17. The summed E-state index contributed by atoms with van der Waals surface area (Å²) >= 11 is 0. The number of amides is 1. The first-order valence-electron chi connectivity index (χ1n) is 9.87. The lowest BCUT2D eigenvalue weighted by Crippen LogP contribution is -2.32. The number of carbonyl (C=O) groups is 2. The number of ketones is 1. The van der Waals surface area contributed by atoms with Crippen LogP contribution in [0.15, 0.2) is 48.5 Å². The molecule has 0 N–H and O–H groups in total. The van der Waals surface area contributed by atoms with Crippen molar-refractivity contribution in [1.82, 2.24) is 15.0 Å². The topological polar surface area (TPSA) is 68.1 Å². The van der Waals surface area contributed by atoms with Crippen molar-refractivity contribution in [3.05, 3.63) is 54.1 Å². The van der Waals surface area contributed by atoms with Gasteiger partial charge >= 0.3 is 0 Å². The van der Waals surface area contributed by atoms with Crippen molar-refractivity contribution in [3.63, 3.8) is 0 Å². The Labute approximate surface area is 170 Å². The quantitative estimate of drug-likeness (QED) is 0.677. The van der Waals surface area contributed by atoms with E-state index in [0.29, 0.717) is 6.54 Å². The smallest absolute Gasteiger partial charge is 0.227 e. The second kappa shape index (κ2) is 7.62. The molecule has 6 heteroatoms. The number of hydrogen-bond acceptors (Lipinski definition) is 4. The predicted molar refractivity (Wildman–Crippen MR) is 112 cm³/mol. The standard InChI is InChI=1S/C23H24N4O2/c1-15(2)20(28)12-13-21(29)27-14-16-8-4-5-9-17(16)23-22(24-25-26(23)3)18-10-6-7-11-19(18)27/h4-11,15H,12-14H2,1-3H3. The summed E-state index contributed by atoms with van der Waals surface area (Å²) in [7, 11) is 1.88. The molecule has 0 spiro atoms. The van der Waals surface area contributed by atoms with Gasteiger partial charge in [-0.25, -0.2) is 4.68 Å². The molecule has 0 atom stereocenters. The monoisotopic (exact) mass is 388 g/mol. The van der Waals surface area contributed by atoms with Crippen LogP contribution in [-0.2, 0) is 23.2 Å². The summed E-state index contributed by atoms with van der Waals surface area (Å²) in [5, 5.41) is 8.66. The number of aryl methyl sites for hydroxylation is 1. The van der Waals surface area contributed by atoms with Crippen LogP contribution in [0.1, 0.15) is 32.3 Å². The molecule has 0 saturated carbocycles. The van der Waals surface area contributed by atoms with Crippen molar-refractivity contribution in [2.24, 2.45) is 13.0 Å². The van der Waals surface area contributed by atoms with Crippen molar-refractivity contribution in [2.75, 3.05) is 4.90 Å². The maximum atomic E-state index is 13.2. The molecule has 0 saturated heterocycles. The van der Waals surface area contributed by atoms with Gasteiger partial charge in [0.05, 0.1) is 17.9 Å². The number of aromatic nitrogens is 3. The minimum Gasteiger partial charge on any atom is -0.307 e. The lowest BCUT2D eigenvalue weighted by molar-refractivity contribution is -0.125. The van der Waals surface area contributed by atoms with Gasteiger partial charge in [-0.2, -0.15) is 0 Å². The fourth-order valence-corrected chi connectivity index (χ4v) is 3.77. The van der Waals surface area contributed by atoms with Gasteiger partial charge in [0.15, 0.2) is 0 Å². The van der Waals surface area contributed by atoms with Gasteiger partial charge in [-0.1, -0.05) is 61.5 Å². The van der Waals surface area contributed by atoms with E-state index in [2.05, 4.69) is 10.3 Å². The zero-order valence-electron chi connectivity index (χ0n) is 16.9. The van der Waals surface area contributed by atoms with Crippen LogP contribution >= 0.6 is 0 Å². The van der Waals surface area contributed by atoms with Gasteiger partial charge in [0, 0.05) is 36.9 Å². The van der Waals surface area contributed by atoms with Crippen LogP contribution in [0.5, 0.6) is 0 Å². The molecule has 29 heavy (non-hydrogen) atoms. The number of benzene rings is 2. The first-order chi connectivity index (χ1) is 14.0. The van der Waals surface area contributed by atoms with E-state index in [1.165, 1.54) is 0 Å². The molecular weight excluding hydrogens is 364 g/mol. The second-order valence-electron chi connectivity index (χ2n) is 7.69. The van der Waals surface area contributed by atoms with Gasteiger partial charge in [0.25, 0.3) is 0 Å². The summed E-state index contributed by atoms with van der Waals surface area (Å²) < 4.78 is 1.78. The number of Topliss-reactive ketones (excluding diaryl/α,β-unsaturated/α-hetero) is 1. The van der Waals surface area contributed by atoms with E-state index in [9.17, 15) is 9.59 Å². The second-order valence-corrected chi connectivity index (χ2v) is 7.69. The molecule has 1 aliphatic rings. The van der Waals surface area contributed by atoms with Crippen molar-refractivity contribution in [3.8, 4) is 22.5 Å². The van der Waals surface area contributed by atoms with Gasteiger partial charge in [-0.3, -0.25) is 9.59 Å². The lowest BCUT2D eigenvalue weighted by atomic mass is 9.95. The molecular formula is C23H24N4O2. The number of carbonyl (C=O) groups excluding carboxylic acids is 2. The van der Waals surface area contributed by atoms with Crippen LogP contribution < -0.4 is 4.90 Å². The third-order valence-electron chi connectivity index (χ3n) is 5.41. The van der Waals surface area contributed by atoms with Crippen LogP contribution in [0.25, 0.3) is 22.5 Å². The first kappa shape index (κ1) is 19.1. The van der Waals surface area contributed by atoms with Crippen LogP contribution in [0, 0.1) is 5.92 Å². The molecule has 0 radical (unpaired) electrons. The molecule has 0 unspecified atom stereocenters. The molecule has 6 nitrogen and oxygen atoms in total. The molecule has 0 fully saturated rings. The van der Waals surface area contributed by atoms with Gasteiger partial charge in [-0.05, 0) is 11.6 Å². The average Bonchev–Trinajstić information content (AvgIpc) is 3.09. The number of fused-ring (bicyclic) bond motifs is 5. The van der Waals surface area contributed by atoms with Crippen molar-refractivity contribution < 1.29 is 9.59 Å². The minimum atomic E-state index is -0.0645. The van der Waals surface area contributed by atoms with Crippen molar-refractivity contribution >= 4 is 17.4 Å². The van der Waals surface area contributed by atoms with E-state index in [1.807, 2.05) is 69.4 Å². The normalized spacial score (nSPS) is 12.6. The fourth-order valence-electron chi connectivity index (χ4n) is 3.77. The Hall–Kier alpha value is -3.28. The Morgan fingerprint density at radius 2 is 1.69 bits per heavy atom. The Morgan fingerprint density at radius 3 is 2.45 bits per heavy atom. The highest BCUT2D eigenvalue weighted by Gasteiger charge is 2.28. The van der Waals surface area contributed by atoms with Crippen molar-refractivity contribution in [2.45, 2.75) is 33.2 Å². The predicted octanol–water partition coefficient (Wildman–Crippen LogP) is 4.00. The molecule has 2 heterocycles. The highest BCUT2D eigenvalue weighted by molar-refractivity contribution is 6.01. The number of rotatable bonds is 4. The number of nitrogens with zero attached hydrogens (tertiary/aromatic N) is 4. The van der Waals surface area contributed by atoms with Crippen molar-refractivity contribution in [1.29, 1.82) is 0 Å². The molecule has 1 aromatic heterocycles. The Balaban J connectivity index is 1.82. The van der Waals surface area contributed by atoms with E-state index in [1.54, 1.807) is 9.58 Å². The summed E-state index contributed by atoms with van der Waals surface area (Å²) in [5.41, 5.74) is 5.40. The van der Waals surface area contributed by atoms with E-state index in [0.717, 1.165) is 33.8 Å². The van der Waals surface area contributed by atoms with E-state index in [4.69, 9.17) is 0 Å². The number of anilines is 1. The summed E-state index contributed by atoms with van der Waals surface area (Å²) in [6, 6.07) is 15.8. The summed E-state index contributed by atoms with van der Waals surface area (Å²) in [6.07, 6.45) is 0.452. The minimum absolute atomic E-state index is 0.0615. The van der Waals surface area contributed by atoms with E-state index < -0.39 is 0 Å². The van der Waals surface area contributed by atoms with Crippen LogP contribution in [0.4, 0.5) is 5.69 Å². The fraction of sp³-hybridized carbons (Fsp3) is 0.304.